The number of nitrogens with zero attached hydrogens (tertiary/aromatic N) is 2. The van der Waals surface area contributed by atoms with Crippen molar-refractivity contribution in [3.8, 4) is 0 Å². The number of hydrogen-bond acceptors (Lipinski definition) is 4. The molecule has 2 aliphatic heterocycles. The first-order valence-corrected chi connectivity index (χ1v) is 11.0. The number of fused-ring (bicyclic) bond motifs is 1. The molecule has 6 heteroatoms. The molecule has 0 bridgehead atoms. The second-order valence-electron chi connectivity index (χ2n) is 8.28. The molecule has 2 heterocycles. The van der Waals surface area contributed by atoms with Gasteiger partial charge in [-0.1, -0.05) is 30.3 Å². The van der Waals surface area contributed by atoms with Crippen LogP contribution in [-0.2, 0) is 9.53 Å². The molecule has 1 atom stereocenters. The number of quaternary nitrogens is 1. The molecule has 0 spiro atoms. The minimum Gasteiger partial charge on any atom is -0.370 e. The summed E-state index contributed by atoms with van der Waals surface area (Å²) >= 11 is 0. The van der Waals surface area contributed by atoms with Gasteiger partial charge in [0.15, 0.2) is 0 Å². The molecule has 0 saturated carbocycles. The number of imide groups is 1. The highest BCUT2D eigenvalue weighted by Crippen LogP contribution is 2.34. The van der Waals surface area contributed by atoms with Gasteiger partial charge in [-0.15, -0.1) is 0 Å². The summed E-state index contributed by atoms with van der Waals surface area (Å²) in [4.78, 5) is 34.2. The van der Waals surface area contributed by atoms with Gasteiger partial charge in [-0.25, -0.2) is 4.90 Å². The van der Waals surface area contributed by atoms with Crippen molar-refractivity contribution in [3.63, 3.8) is 0 Å². The van der Waals surface area contributed by atoms with E-state index < -0.39 is 5.92 Å². The highest BCUT2D eigenvalue weighted by molar-refractivity contribution is 6.29. The van der Waals surface area contributed by atoms with Crippen LogP contribution in [0.2, 0.25) is 0 Å². The van der Waals surface area contributed by atoms with Gasteiger partial charge in [0.25, 0.3) is 5.91 Å². The fourth-order valence-electron chi connectivity index (χ4n) is 4.32. The van der Waals surface area contributed by atoms with E-state index in [-0.39, 0.29) is 11.8 Å². The fraction of sp³-hybridized carbons (Fsp3) is 0.400. The van der Waals surface area contributed by atoms with Gasteiger partial charge < -0.3 is 9.64 Å². The van der Waals surface area contributed by atoms with E-state index >= 15 is 0 Å². The Morgan fingerprint density at radius 3 is 2.68 bits per heavy atom. The molecule has 4 rings (SSSR count). The molecule has 0 aliphatic carbocycles. The molecule has 1 fully saturated rings. The maximum Gasteiger partial charge on any atom is 0.265 e. The number of nitrogens with one attached hydrogen (secondary N) is 1. The smallest absolute Gasteiger partial charge is 0.265 e. The molecule has 0 radical (unpaired) electrons. The summed E-state index contributed by atoms with van der Waals surface area (Å²) < 4.78 is 5.40. The van der Waals surface area contributed by atoms with E-state index in [1.807, 2.05) is 50.2 Å². The Labute approximate surface area is 183 Å². The van der Waals surface area contributed by atoms with E-state index in [1.54, 1.807) is 17.2 Å². The molecular weight excluding hydrogens is 390 g/mol. The fourth-order valence-corrected chi connectivity index (χ4v) is 4.32. The summed E-state index contributed by atoms with van der Waals surface area (Å²) in [5.74, 6) is -1.06. The first-order valence-electron chi connectivity index (χ1n) is 11.0. The molecule has 2 aromatic rings. The number of rotatable bonds is 6. The van der Waals surface area contributed by atoms with Gasteiger partial charge in [0.2, 0.25) is 5.91 Å². The number of aliphatic imine (C=N–C) groups is 1. The summed E-state index contributed by atoms with van der Waals surface area (Å²) in [6, 6.07) is 13.1. The molecule has 0 unspecified atom stereocenters. The van der Waals surface area contributed by atoms with E-state index in [1.165, 1.54) is 4.90 Å². The average molecular weight is 421 g/mol. The summed E-state index contributed by atoms with van der Waals surface area (Å²) in [7, 11) is 0. The summed E-state index contributed by atoms with van der Waals surface area (Å²) in [6.07, 6.45) is 2.70. The molecule has 31 heavy (non-hydrogen) atoms. The lowest BCUT2D eigenvalue weighted by atomic mass is 9.88. The molecular formula is C25H30N3O3+. The Balaban J connectivity index is 1.54. The number of ether oxygens (including phenoxy) is 1. The van der Waals surface area contributed by atoms with Crippen LogP contribution in [0, 0.1) is 13.8 Å². The zero-order chi connectivity index (χ0) is 21.8. The third kappa shape index (κ3) is 4.45. The summed E-state index contributed by atoms with van der Waals surface area (Å²) in [5, 5.41) is 0. The minimum atomic E-state index is -0.551. The van der Waals surface area contributed by atoms with Crippen molar-refractivity contribution in [2.24, 2.45) is 4.99 Å². The third-order valence-corrected chi connectivity index (χ3v) is 6.30. The third-order valence-electron chi connectivity index (χ3n) is 6.30. The molecule has 2 aromatic carbocycles. The van der Waals surface area contributed by atoms with Gasteiger partial charge in [-0.2, -0.15) is 0 Å². The molecule has 6 nitrogen and oxygen atoms in total. The average Bonchev–Trinajstić information content (AvgIpc) is 2.79. The monoisotopic (exact) mass is 420 g/mol. The zero-order valence-corrected chi connectivity index (χ0v) is 18.3. The number of carbonyl (C=O) groups excluding carboxylic acids is 2. The Morgan fingerprint density at radius 2 is 1.87 bits per heavy atom. The lowest BCUT2D eigenvalue weighted by Crippen LogP contribution is -3.14. The number of hydrogen-bond donors (Lipinski definition) is 1. The standard InChI is InChI=1S/C25H29N3O3/c1-18-7-5-10-23(19(18)2)28-24(29)21-9-4-3-8-20(21)22(25(28)30)17-26-11-6-12-27-13-15-31-16-14-27/h3-5,7-10,17,22H,6,11-16H2,1-2H3/p+1/t22-/m1/s1. The SMILES string of the molecule is Cc1cccc(N2C(=O)c3ccccc3[C@@H](C=NCCC[NH+]3CCOCC3)C2=O)c1C. The molecule has 0 aromatic heterocycles. The van der Waals surface area contributed by atoms with E-state index in [9.17, 15) is 9.59 Å². The Hall–Kier alpha value is -2.83. The van der Waals surface area contributed by atoms with Gasteiger partial charge in [0.1, 0.15) is 13.1 Å². The largest absolute Gasteiger partial charge is 0.370 e. The van der Waals surface area contributed by atoms with Gasteiger partial charge in [-0.05, 0) is 42.7 Å². The van der Waals surface area contributed by atoms with Crippen molar-refractivity contribution >= 4 is 23.7 Å². The van der Waals surface area contributed by atoms with Crippen LogP contribution in [0.5, 0.6) is 0 Å². The summed E-state index contributed by atoms with van der Waals surface area (Å²) in [5.41, 5.74) is 3.94. The first-order chi connectivity index (χ1) is 15.1. The van der Waals surface area contributed by atoms with E-state index in [2.05, 4.69) is 4.99 Å². The number of benzene rings is 2. The number of amides is 2. The van der Waals surface area contributed by atoms with Crippen molar-refractivity contribution in [1.29, 1.82) is 0 Å². The molecule has 1 N–H and O–H groups in total. The normalized spacial score (nSPS) is 19.8. The lowest BCUT2D eigenvalue weighted by molar-refractivity contribution is -0.908. The van der Waals surface area contributed by atoms with Gasteiger partial charge in [-0.3, -0.25) is 14.6 Å². The predicted octanol–water partition coefficient (Wildman–Crippen LogP) is 1.95. The van der Waals surface area contributed by atoms with E-state index in [4.69, 9.17) is 4.74 Å². The maximum atomic E-state index is 13.5. The topological polar surface area (TPSA) is 63.4 Å². The van der Waals surface area contributed by atoms with Crippen molar-refractivity contribution in [1.82, 2.24) is 0 Å². The predicted molar refractivity (Wildman–Crippen MR) is 121 cm³/mol. The van der Waals surface area contributed by atoms with Crippen LogP contribution in [0.25, 0.3) is 0 Å². The number of anilines is 1. The highest BCUT2D eigenvalue weighted by Gasteiger charge is 2.39. The number of morpholine rings is 1. The zero-order valence-electron chi connectivity index (χ0n) is 18.3. The van der Waals surface area contributed by atoms with Crippen LogP contribution < -0.4 is 9.80 Å². The van der Waals surface area contributed by atoms with Crippen molar-refractivity contribution in [3.05, 3.63) is 64.7 Å². The molecule has 162 valence electrons. The first kappa shape index (κ1) is 21.4. The van der Waals surface area contributed by atoms with Crippen LogP contribution in [0.4, 0.5) is 5.69 Å². The van der Waals surface area contributed by atoms with Crippen molar-refractivity contribution in [2.45, 2.75) is 26.2 Å². The van der Waals surface area contributed by atoms with Gasteiger partial charge >= 0.3 is 0 Å². The second kappa shape index (κ2) is 9.54. The Kier molecular flexibility index (Phi) is 6.59. The molecule has 2 amide bonds. The molecule has 1 saturated heterocycles. The van der Waals surface area contributed by atoms with Gasteiger partial charge in [0.05, 0.1) is 31.4 Å². The second-order valence-corrected chi connectivity index (χ2v) is 8.28. The van der Waals surface area contributed by atoms with Crippen LogP contribution in [-0.4, -0.2) is 57.4 Å². The van der Waals surface area contributed by atoms with Crippen molar-refractivity contribution < 1.29 is 19.2 Å². The number of carbonyl (C=O) groups is 2. The lowest BCUT2D eigenvalue weighted by Gasteiger charge is -2.32. The van der Waals surface area contributed by atoms with Crippen LogP contribution in [0.15, 0.2) is 47.5 Å². The van der Waals surface area contributed by atoms with Gasteiger partial charge in [0, 0.05) is 24.7 Å². The highest BCUT2D eigenvalue weighted by atomic mass is 16.5. The van der Waals surface area contributed by atoms with E-state index in [0.717, 1.165) is 56.0 Å². The van der Waals surface area contributed by atoms with Crippen molar-refractivity contribution in [2.75, 3.05) is 44.3 Å². The number of aryl methyl sites for hydroxylation is 1. The van der Waals surface area contributed by atoms with Crippen LogP contribution in [0.3, 0.4) is 0 Å². The minimum absolute atomic E-state index is 0.236. The van der Waals surface area contributed by atoms with E-state index in [0.29, 0.717) is 17.8 Å². The quantitative estimate of drug-likeness (QED) is 0.441. The maximum absolute atomic E-state index is 13.5. The Morgan fingerprint density at radius 1 is 1.10 bits per heavy atom. The summed E-state index contributed by atoms with van der Waals surface area (Å²) in [6.45, 7) is 9.42. The Bertz CT molecular complexity index is 995. The van der Waals surface area contributed by atoms with Crippen LogP contribution in [0.1, 0.15) is 39.4 Å². The van der Waals surface area contributed by atoms with Crippen LogP contribution >= 0.6 is 0 Å². The molecule has 2 aliphatic rings.